The van der Waals surface area contributed by atoms with Gasteiger partial charge in [0.2, 0.25) is 0 Å². The molecule has 1 aromatic rings. The van der Waals surface area contributed by atoms with Gasteiger partial charge < -0.3 is 15.7 Å². The fourth-order valence-electron chi connectivity index (χ4n) is 0.761. The van der Waals surface area contributed by atoms with Crippen molar-refractivity contribution < 1.29 is 14.7 Å². The summed E-state index contributed by atoms with van der Waals surface area (Å²) in [5, 5.41) is 16.9. The quantitative estimate of drug-likeness (QED) is 0.710. The van der Waals surface area contributed by atoms with Crippen molar-refractivity contribution in [2.24, 2.45) is 0 Å². The molecule has 0 aliphatic rings. The topological polar surface area (TPSA) is 78.4 Å². The summed E-state index contributed by atoms with van der Waals surface area (Å²) in [6.07, 6.45) is 0. The fourth-order valence-corrected chi connectivity index (χ4v) is 1.35. The molecule has 0 saturated heterocycles. The molecule has 1 aromatic heterocycles. The zero-order chi connectivity index (χ0) is 10.6. The summed E-state index contributed by atoms with van der Waals surface area (Å²) in [5.74, 6) is -1.06. The summed E-state index contributed by atoms with van der Waals surface area (Å²) in [7, 11) is 0. The van der Waals surface area contributed by atoms with Gasteiger partial charge >= 0.3 is 12.0 Å². The number of carboxylic acids is 1. The Kier molecular flexibility index (Phi) is 3.47. The number of carbonyl (C=O) groups is 2. The lowest BCUT2D eigenvalue weighted by Gasteiger charge is -2.09. The predicted molar refractivity (Wildman–Crippen MR) is 53.6 cm³/mol. The first-order valence-electron chi connectivity index (χ1n) is 3.92. The minimum absolute atomic E-state index is 0.515. The van der Waals surface area contributed by atoms with Crippen molar-refractivity contribution in [2.45, 2.75) is 13.0 Å². The Morgan fingerprint density at radius 1 is 1.57 bits per heavy atom. The van der Waals surface area contributed by atoms with Crippen LogP contribution in [0.25, 0.3) is 0 Å². The lowest BCUT2D eigenvalue weighted by atomic mass is 10.3. The molecule has 1 atom stereocenters. The molecule has 1 heterocycles. The molecule has 0 aromatic carbocycles. The van der Waals surface area contributed by atoms with Gasteiger partial charge in [0.25, 0.3) is 0 Å². The molecule has 0 saturated carbocycles. The molecular formula is C8H10N2O3S. The largest absolute Gasteiger partial charge is 0.480 e. The Balaban J connectivity index is 2.40. The lowest BCUT2D eigenvalue weighted by Crippen LogP contribution is -2.40. The average molecular weight is 214 g/mol. The van der Waals surface area contributed by atoms with Crippen LogP contribution in [0.5, 0.6) is 0 Å². The van der Waals surface area contributed by atoms with Crippen molar-refractivity contribution in [3.63, 3.8) is 0 Å². The molecule has 5 nitrogen and oxygen atoms in total. The highest BCUT2D eigenvalue weighted by molar-refractivity contribution is 7.08. The SMILES string of the molecule is C[C@@H](NC(=O)Nc1ccsc1)C(=O)O. The average Bonchev–Trinajstić information content (AvgIpc) is 2.56. The van der Waals surface area contributed by atoms with E-state index in [2.05, 4.69) is 10.6 Å². The van der Waals surface area contributed by atoms with Gasteiger partial charge in [0, 0.05) is 5.38 Å². The number of aliphatic carboxylic acids is 1. The molecule has 0 aliphatic carbocycles. The Morgan fingerprint density at radius 3 is 2.79 bits per heavy atom. The molecule has 0 radical (unpaired) electrons. The van der Waals surface area contributed by atoms with Crippen LogP contribution in [-0.4, -0.2) is 23.1 Å². The van der Waals surface area contributed by atoms with E-state index in [9.17, 15) is 9.59 Å². The van der Waals surface area contributed by atoms with E-state index >= 15 is 0 Å². The van der Waals surface area contributed by atoms with Gasteiger partial charge in [-0.15, -0.1) is 0 Å². The first-order valence-corrected chi connectivity index (χ1v) is 4.86. The molecule has 0 fully saturated rings. The monoisotopic (exact) mass is 214 g/mol. The minimum atomic E-state index is -1.06. The maximum Gasteiger partial charge on any atom is 0.325 e. The number of anilines is 1. The summed E-state index contributed by atoms with van der Waals surface area (Å²) >= 11 is 1.45. The van der Waals surface area contributed by atoms with E-state index < -0.39 is 18.0 Å². The van der Waals surface area contributed by atoms with Crippen LogP contribution in [0.4, 0.5) is 10.5 Å². The van der Waals surface area contributed by atoms with Crippen molar-refractivity contribution in [3.05, 3.63) is 16.8 Å². The van der Waals surface area contributed by atoms with E-state index in [1.807, 2.05) is 5.38 Å². The van der Waals surface area contributed by atoms with Gasteiger partial charge in [-0.1, -0.05) is 0 Å². The first-order chi connectivity index (χ1) is 6.59. The number of thiophene rings is 1. The van der Waals surface area contributed by atoms with E-state index in [1.54, 1.807) is 11.4 Å². The predicted octanol–water partition coefficient (Wildman–Crippen LogP) is 1.34. The molecule has 2 amide bonds. The van der Waals surface area contributed by atoms with Crippen molar-refractivity contribution in [2.75, 3.05) is 5.32 Å². The van der Waals surface area contributed by atoms with Crippen LogP contribution in [0.15, 0.2) is 16.8 Å². The van der Waals surface area contributed by atoms with Gasteiger partial charge in [-0.05, 0) is 18.4 Å². The van der Waals surface area contributed by atoms with Crippen LogP contribution in [0.1, 0.15) is 6.92 Å². The number of hydrogen-bond donors (Lipinski definition) is 3. The molecule has 14 heavy (non-hydrogen) atoms. The standard InChI is InChI=1S/C8H10N2O3S/c1-5(7(11)12)9-8(13)10-6-2-3-14-4-6/h2-5H,1H3,(H,11,12)(H2,9,10,13)/t5-/m1/s1. The van der Waals surface area contributed by atoms with Gasteiger partial charge in [-0.25, -0.2) is 4.79 Å². The normalized spacial score (nSPS) is 11.8. The van der Waals surface area contributed by atoms with Crippen LogP contribution in [0, 0.1) is 0 Å². The molecule has 0 spiro atoms. The Hall–Kier alpha value is -1.56. The summed E-state index contributed by atoms with van der Waals surface area (Å²) in [5.41, 5.74) is 0.657. The smallest absolute Gasteiger partial charge is 0.325 e. The van der Waals surface area contributed by atoms with Gasteiger partial charge in [0.05, 0.1) is 5.69 Å². The van der Waals surface area contributed by atoms with Crippen molar-refractivity contribution >= 4 is 29.0 Å². The second-order valence-corrected chi connectivity index (χ2v) is 3.45. The third-order valence-electron chi connectivity index (χ3n) is 1.50. The summed E-state index contributed by atoms with van der Waals surface area (Å²) in [6.45, 7) is 1.40. The number of urea groups is 1. The van der Waals surface area contributed by atoms with Gasteiger partial charge in [-0.2, -0.15) is 11.3 Å². The zero-order valence-corrected chi connectivity index (χ0v) is 8.30. The number of amides is 2. The van der Waals surface area contributed by atoms with Crippen molar-refractivity contribution in [1.29, 1.82) is 0 Å². The van der Waals surface area contributed by atoms with E-state index in [-0.39, 0.29) is 0 Å². The van der Waals surface area contributed by atoms with E-state index in [0.717, 1.165) is 0 Å². The molecule has 0 aliphatic heterocycles. The lowest BCUT2D eigenvalue weighted by molar-refractivity contribution is -0.138. The molecule has 0 unspecified atom stereocenters. The number of carboxylic acid groups (broad SMARTS) is 1. The maximum absolute atomic E-state index is 11.1. The number of hydrogen-bond acceptors (Lipinski definition) is 3. The van der Waals surface area contributed by atoms with Crippen LogP contribution in [-0.2, 0) is 4.79 Å². The third-order valence-corrected chi connectivity index (χ3v) is 2.18. The second-order valence-electron chi connectivity index (χ2n) is 2.67. The second kappa shape index (κ2) is 4.61. The summed E-state index contributed by atoms with van der Waals surface area (Å²) in [6, 6.07) is 0.322. The molecule has 3 N–H and O–H groups in total. The molecule has 0 bridgehead atoms. The zero-order valence-electron chi connectivity index (χ0n) is 7.48. The highest BCUT2D eigenvalue weighted by Gasteiger charge is 2.13. The molecule has 6 heteroatoms. The Labute approximate surface area is 84.7 Å². The number of carbonyl (C=O) groups excluding carboxylic acids is 1. The van der Waals surface area contributed by atoms with Gasteiger partial charge in [0.1, 0.15) is 6.04 Å². The van der Waals surface area contributed by atoms with Crippen LogP contribution in [0.2, 0.25) is 0 Å². The highest BCUT2D eigenvalue weighted by atomic mass is 32.1. The van der Waals surface area contributed by atoms with E-state index in [1.165, 1.54) is 18.3 Å². The molecule has 76 valence electrons. The molecule has 1 rings (SSSR count). The van der Waals surface area contributed by atoms with Crippen molar-refractivity contribution in [1.82, 2.24) is 5.32 Å². The van der Waals surface area contributed by atoms with E-state index in [0.29, 0.717) is 5.69 Å². The van der Waals surface area contributed by atoms with Crippen LogP contribution < -0.4 is 10.6 Å². The highest BCUT2D eigenvalue weighted by Crippen LogP contribution is 2.11. The van der Waals surface area contributed by atoms with Crippen LogP contribution in [0.3, 0.4) is 0 Å². The number of nitrogens with one attached hydrogen (secondary N) is 2. The summed E-state index contributed by atoms with van der Waals surface area (Å²) < 4.78 is 0. The Morgan fingerprint density at radius 2 is 2.29 bits per heavy atom. The minimum Gasteiger partial charge on any atom is -0.480 e. The fraction of sp³-hybridized carbons (Fsp3) is 0.250. The third kappa shape index (κ3) is 3.06. The first kappa shape index (κ1) is 10.5. The Bertz CT molecular complexity index is 323. The van der Waals surface area contributed by atoms with E-state index in [4.69, 9.17) is 5.11 Å². The number of rotatable bonds is 3. The van der Waals surface area contributed by atoms with Gasteiger partial charge in [-0.3, -0.25) is 4.79 Å². The van der Waals surface area contributed by atoms with Crippen LogP contribution >= 0.6 is 11.3 Å². The molecular weight excluding hydrogens is 204 g/mol. The summed E-state index contributed by atoms with van der Waals surface area (Å²) in [4.78, 5) is 21.5. The maximum atomic E-state index is 11.1. The van der Waals surface area contributed by atoms with Gasteiger partial charge in [0.15, 0.2) is 0 Å². The van der Waals surface area contributed by atoms with Crippen molar-refractivity contribution in [3.8, 4) is 0 Å².